The maximum Gasteiger partial charge on any atom is 0.258 e. The Balaban J connectivity index is 1.43. The number of pyridine rings is 1. The number of likely N-dealkylation sites (tertiary alicyclic amines) is 1. The van der Waals surface area contributed by atoms with Gasteiger partial charge < -0.3 is 20.7 Å². The number of hydrogen-bond donors (Lipinski definition) is 3. The molecular weight excluding hydrogens is 495 g/mol. The fourth-order valence-corrected chi connectivity index (χ4v) is 5.65. The van der Waals surface area contributed by atoms with Gasteiger partial charge in [-0.15, -0.1) is 0 Å². The maximum atomic E-state index is 14.0. The number of amides is 1. The quantitative estimate of drug-likeness (QED) is 0.410. The maximum absolute atomic E-state index is 14.0. The van der Waals surface area contributed by atoms with Crippen LogP contribution >= 0.6 is 0 Å². The molecule has 39 heavy (non-hydrogen) atoms. The number of nitrogens with two attached hydrogens (primary N) is 1. The van der Waals surface area contributed by atoms with Gasteiger partial charge in [0.1, 0.15) is 5.82 Å². The van der Waals surface area contributed by atoms with E-state index in [4.69, 9.17) is 5.73 Å². The number of nitrogens with one attached hydrogen (secondary N) is 1. The zero-order valence-electron chi connectivity index (χ0n) is 23.0. The second-order valence-corrected chi connectivity index (χ2v) is 12.2. The van der Waals surface area contributed by atoms with Crippen LogP contribution in [0.1, 0.15) is 66.1 Å². The minimum Gasteiger partial charge on any atom is -0.396 e. The normalized spacial score (nSPS) is 21.7. The molecule has 8 heteroatoms. The summed E-state index contributed by atoms with van der Waals surface area (Å²) in [6.45, 7) is 8.44. The van der Waals surface area contributed by atoms with Gasteiger partial charge in [0.05, 0.1) is 0 Å². The molecule has 5 rings (SSSR count). The second-order valence-electron chi connectivity index (χ2n) is 12.2. The average molecular weight is 535 g/mol. The minimum absolute atomic E-state index is 0.0171. The summed E-state index contributed by atoms with van der Waals surface area (Å²) >= 11 is 0. The number of aryl methyl sites for hydroxylation is 1. The van der Waals surface area contributed by atoms with Gasteiger partial charge in [-0.05, 0) is 73.0 Å². The summed E-state index contributed by atoms with van der Waals surface area (Å²) in [6.07, 6.45) is 4.82. The number of rotatable bonds is 8. The molecule has 2 heterocycles. The number of carbonyl (C=O) groups is 1. The van der Waals surface area contributed by atoms with E-state index in [9.17, 15) is 19.1 Å². The number of carbonyl (C=O) groups excluding carboxylic acids is 1. The standard InChI is InChI=1S/C31H39FN4O3/c1-19-6-7-21(12-27(19)32)29(38)34-28-13-26(28)20-8-9-24-25(11-20)22(14-35-10-4-5-23(33)16-35)15-36(30(24)39)17-31(2,3)18-37/h6-9,11-12,15,23,26,28,37H,4-5,10,13-14,16-18,33H2,1-3H3,(H,34,38)/t23-,26?,28?/m1/s1. The van der Waals surface area contributed by atoms with Gasteiger partial charge in [0.25, 0.3) is 11.5 Å². The third kappa shape index (κ3) is 6.08. The molecule has 208 valence electrons. The van der Waals surface area contributed by atoms with Crippen LogP contribution in [0.2, 0.25) is 0 Å². The highest BCUT2D eigenvalue weighted by molar-refractivity contribution is 5.94. The molecule has 1 aliphatic heterocycles. The average Bonchev–Trinajstić information content (AvgIpc) is 3.67. The number of nitrogens with zero attached hydrogens (tertiary/aromatic N) is 2. The second kappa shape index (κ2) is 10.8. The molecule has 1 aliphatic carbocycles. The Hall–Kier alpha value is -3.07. The van der Waals surface area contributed by atoms with Gasteiger partial charge in [-0.3, -0.25) is 14.5 Å². The molecule has 1 aromatic heterocycles. The zero-order chi connectivity index (χ0) is 27.9. The molecule has 3 atom stereocenters. The van der Waals surface area contributed by atoms with Crippen LogP contribution in [0.3, 0.4) is 0 Å². The predicted molar refractivity (Wildman–Crippen MR) is 151 cm³/mol. The molecule has 1 saturated heterocycles. The van der Waals surface area contributed by atoms with Gasteiger partial charge >= 0.3 is 0 Å². The molecule has 0 bridgehead atoms. The first-order chi connectivity index (χ1) is 18.5. The fourth-order valence-electron chi connectivity index (χ4n) is 5.65. The molecule has 0 spiro atoms. The van der Waals surface area contributed by atoms with E-state index < -0.39 is 5.41 Å². The summed E-state index contributed by atoms with van der Waals surface area (Å²) in [7, 11) is 0. The lowest BCUT2D eigenvalue weighted by Gasteiger charge is -2.31. The van der Waals surface area contributed by atoms with Crippen molar-refractivity contribution in [3.63, 3.8) is 0 Å². The van der Waals surface area contributed by atoms with Gasteiger partial charge in [-0.25, -0.2) is 4.39 Å². The summed E-state index contributed by atoms with van der Waals surface area (Å²) < 4.78 is 15.7. The highest BCUT2D eigenvalue weighted by atomic mass is 19.1. The fraction of sp³-hybridized carbons (Fsp3) is 0.484. The molecule has 2 aliphatic rings. The smallest absolute Gasteiger partial charge is 0.258 e. The summed E-state index contributed by atoms with van der Waals surface area (Å²) in [5, 5.41) is 14.4. The Morgan fingerprint density at radius 3 is 2.72 bits per heavy atom. The molecule has 0 radical (unpaired) electrons. The van der Waals surface area contributed by atoms with Crippen molar-refractivity contribution in [2.45, 2.75) is 71.1 Å². The summed E-state index contributed by atoms with van der Waals surface area (Å²) in [5.74, 6) is -0.529. The number of aromatic nitrogens is 1. The van der Waals surface area contributed by atoms with Crippen molar-refractivity contribution in [1.82, 2.24) is 14.8 Å². The highest BCUT2D eigenvalue weighted by Gasteiger charge is 2.40. The van der Waals surface area contributed by atoms with E-state index in [1.165, 1.54) is 6.07 Å². The van der Waals surface area contributed by atoms with E-state index in [0.29, 0.717) is 29.6 Å². The highest BCUT2D eigenvalue weighted by Crippen LogP contribution is 2.42. The third-order valence-corrected chi connectivity index (χ3v) is 8.12. The van der Waals surface area contributed by atoms with Crippen LogP contribution in [0, 0.1) is 18.2 Å². The Bertz CT molecular complexity index is 1450. The van der Waals surface area contributed by atoms with Gasteiger partial charge in [0, 0.05) is 66.8 Å². The van der Waals surface area contributed by atoms with Crippen LogP contribution in [0.5, 0.6) is 0 Å². The van der Waals surface area contributed by atoms with Crippen molar-refractivity contribution >= 4 is 16.7 Å². The lowest BCUT2D eigenvalue weighted by atomic mass is 9.94. The van der Waals surface area contributed by atoms with Crippen molar-refractivity contribution in [3.8, 4) is 0 Å². The van der Waals surface area contributed by atoms with Crippen LogP contribution in [0.4, 0.5) is 4.39 Å². The Labute approximate surface area is 228 Å². The van der Waals surface area contributed by atoms with E-state index in [1.807, 2.05) is 32.2 Å². The summed E-state index contributed by atoms with van der Waals surface area (Å²) in [4.78, 5) is 28.6. The number of fused-ring (bicyclic) bond motifs is 1. The van der Waals surface area contributed by atoms with Crippen LogP contribution in [-0.4, -0.2) is 52.3 Å². The third-order valence-electron chi connectivity index (χ3n) is 8.12. The lowest BCUT2D eigenvalue weighted by molar-refractivity contribution is 0.0950. The van der Waals surface area contributed by atoms with Crippen molar-refractivity contribution in [2.75, 3.05) is 19.7 Å². The van der Waals surface area contributed by atoms with Crippen LogP contribution in [0.25, 0.3) is 10.8 Å². The van der Waals surface area contributed by atoms with E-state index >= 15 is 0 Å². The monoisotopic (exact) mass is 534 g/mol. The molecule has 2 fully saturated rings. The molecule has 3 aromatic rings. The number of piperidine rings is 1. The first-order valence-corrected chi connectivity index (χ1v) is 13.9. The zero-order valence-corrected chi connectivity index (χ0v) is 23.0. The van der Waals surface area contributed by atoms with Gasteiger partial charge in [-0.2, -0.15) is 0 Å². The minimum atomic E-state index is -0.429. The summed E-state index contributed by atoms with van der Waals surface area (Å²) in [6, 6.07) is 10.6. The number of benzene rings is 2. The van der Waals surface area contributed by atoms with Crippen molar-refractivity contribution < 1.29 is 14.3 Å². The Morgan fingerprint density at radius 1 is 1.21 bits per heavy atom. The molecule has 7 nitrogen and oxygen atoms in total. The number of aliphatic hydroxyl groups excluding tert-OH is 1. The van der Waals surface area contributed by atoms with E-state index in [2.05, 4.69) is 16.3 Å². The SMILES string of the molecule is Cc1ccc(C(=O)NC2CC2c2ccc3c(=O)n(CC(C)(C)CO)cc(CN4CCC[C@@H](N)C4)c3c2)cc1F. The number of aliphatic hydroxyl groups is 1. The predicted octanol–water partition coefficient (Wildman–Crippen LogP) is 3.68. The number of halogens is 1. The largest absolute Gasteiger partial charge is 0.396 e. The van der Waals surface area contributed by atoms with E-state index in [-0.39, 0.29) is 41.9 Å². The molecular formula is C31H39FN4O3. The molecule has 1 saturated carbocycles. The van der Waals surface area contributed by atoms with Crippen molar-refractivity contribution in [1.29, 1.82) is 0 Å². The Morgan fingerprint density at radius 2 is 2.00 bits per heavy atom. The summed E-state index contributed by atoms with van der Waals surface area (Å²) in [5.41, 5.74) is 8.71. The van der Waals surface area contributed by atoms with Gasteiger partial charge in [-0.1, -0.05) is 32.0 Å². The van der Waals surface area contributed by atoms with Crippen molar-refractivity contribution in [2.24, 2.45) is 11.1 Å². The Kier molecular flexibility index (Phi) is 7.64. The van der Waals surface area contributed by atoms with Crippen LogP contribution < -0.4 is 16.6 Å². The topological polar surface area (TPSA) is 101 Å². The lowest BCUT2D eigenvalue weighted by Crippen LogP contribution is -2.42. The molecule has 2 unspecified atom stereocenters. The van der Waals surface area contributed by atoms with E-state index in [1.54, 1.807) is 23.6 Å². The van der Waals surface area contributed by atoms with E-state index in [0.717, 1.165) is 48.9 Å². The molecule has 1 amide bonds. The first kappa shape index (κ1) is 27.5. The van der Waals surface area contributed by atoms with Gasteiger partial charge in [0.2, 0.25) is 0 Å². The van der Waals surface area contributed by atoms with Crippen molar-refractivity contribution in [3.05, 3.63) is 81.0 Å². The number of hydrogen-bond acceptors (Lipinski definition) is 5. The van der Waals surface area contributed by atoms with Gasteiger partial charge in [0.15, 0.2) is 0 Å². The molecule has 2 aromatic carbocycles. The van der Waals surface area contributed by atoms with Crippen LogP contribution in [0.15, 0.2) is 47.4 Å². The first-order valence-electron chi connectivity index (χ1n) is 13.9. The molecule has 4 N–H and O–H groups in total. The van der Waals surface area contributed by atoms with Crippen LogP contribution in [-0.2, 0) is 13.1 Å².